The quantitative estimate of drug-likeness (QED) is 0.704. The lowest BCUT2D eigenvalue weighted by atomic mass is 9.89. The van der Waals surface area contributed by atoms with Gasteiger partial charge in [0.25, 0.3) is 0 Å². The fourth-order valence-corrected chi connectivity index (χ4v) is 1.59. The van der Waals surface area contributed by atoms with Gasteiger partial charge >= 0.3 is 0 Å². The zero-order valence-corrected chi connectivity index (χ0v) is 11.1. The summed E-state index contributed by atoms with van der Waals surface area (Å²) in [5.41, 5.74) is 0. The summed E-state index contributed by atoms with van der Waals surface area (Å²) in [4.78, 5) is 11.7. The van der Waals surface area contributed by atoms with Crippen LogP contribution < -0.4 is 5.32 Å². The highest BCUT2D eigenvalue weighted by Gasteiger charge is 2.21. The molecule has 0 bridgehead atoms. The van der Waals surface area contributed by atoms with Crippen LogP contribution >= 0.6 is 0 Å². The monoisotopic (exact) mass is 213 g/mol. The molecule has 2 nitrogen and oxygen atoms in total. The highest BCUT2D eigenvalue weighted by atomic mass is 16.1. The molecule has 0 radical (unpaired) electrons. The summed E-state index contributed by atoms with van der Waals surface area (Å²) in [5.74, 6) is 1.58. The third-order valence-electron chi connectivity index (χ3n) is 3.02. The van der Waals surface area contributed by atoms with Crippen molar-refractivity contribution in [3.63, 3.8) is 0 Å². The first-order valence-corrected chi connectivity index (χ1v) is 6.17. The van der Waals surface area contributed by atoms with Crippen molar-refractivity contribution in [3.8, 4) is 0 Å². The highest BCUT2D eigenvalue weighted by molar-refractivity contribution is 5.83. The maximum atomic E-state index is 11.7. The Balaban J connectivity index is 4.30. The molecular weight excluding hydrogens is 186 g/mol. The summed E-state index contributed by atoms with van der Waals surface area (Å²) in [6, 6.07) is 0.428. The zero-order valence-electron chi connectivity index (χ0n) is 11.1. The van der Waals surface area contributed by atoms with Crippen molar-refractivity contribution >= 4 is 5.78 Å². The molecular formula is C13H27NO. The normalized spacial score (nSPS) is 15.7. The molecule has 2 atom stereocenters. The molecule has 0 spiro atoms. The van der Waals surface area contributed by atoms with Crippen LogP contribution in [0.1, 0.15) is 54.4 Å². The van der Waals surface area contributed by atoms with Crippen molar-refractivity contribution in [1.29, 1.82) is 0 Å². The van der Waals surface area contributed by atoms with Crippen LogP contribution in [-0.4, -0.2) is 17.9 Å². The number of nitrogens with one attached hydrogen (secondary N) is 1. The molecule has 15 heavy (non-hydrogen) atoms. The van der Waals surface area contributed by atoms with E-state index in [1.54, 1.807) is 0 Å². The molecule has 0 aliphatic heterocycles. The molecule has 2 heteroatoms. The molecule has 1 N–H and O–H groups in total. The molecule has 0 heterocycles. The summed E-state index contributed by atoms with van der Waals surface area (Å²) >= 11 is 0. The second kappa shape index (κ2) is 7.00. The van der Waals surface area contributed by atoms with E-state index in [2.05, 4.69) is 39.9 Å². The van der Waals surface area contributed by atoms with Crippen molar-refractivity contribution in [2.24, 2.45) is 11.8 Å². The summed E-state index contributed by atoms with van der Waals surface area (Å²) in [7, 11) is 0. The number of carbonyl (C=O) groups is 1. The van der Waals surface area contributed by atoms with Gasteiger partial charge in [-0.2, -0.15) is 0 Å². The molecule has 0 amide bonds. The van der Waals surface area contributed by atoms with Gasteiger partial charge in [0.1, 0.15) is 5.78 Å². The van der Waals surface area contributed by atoms with Crippen molar-refractivity contribution in [2.45, 2.75) is 66.5 Å². The van der Waals surface area contributed by atoms with Crippen molar-refractivity contribution in [1.82, 2.24) is 5.32 Å². The van der Waals surface area contributed by atoms with Crippen molar-refractivity contribution < 1.29 is 4.79 Å². The van der Waals surface area contributed by atoms with Gasteiger partial charge < -0.3 is 5.32 Å². The average Bonchev–Trinajstić information content (AvgIpc) is 2.14. The second-order valence-corrected chi connectivity index (χ2v) is 5.15. The SMILES string of the molecule is CCC(=O)C(CC(C)C(C)C)NC(C)C. The van der Waals surface area contributed by atoms with E-state index in [0.717, 1.165) is 6.42 Å². The lowest BCUT2D eigenvalue weighted by molar-refractivity contribution is -0.121. The summed E-state index contributed by atoms with van der Waals surface area (Å²) in [6.45, 7) is 12.8. The molecule has 0 aromatic carbocycles. The standard InChI is InChI=1S/C13H27NO/c1-7-13(15)12(14-10(4)5)8-11(6)9(2)3/h9-12,14H,7-8H2,1-6H3. The van der Waals surface area contributed by atoms with Gasteiger partial charge in [0.15, 0.2) is 0 Å². The number of Topliss-reactive ketones (excluding diaryl/α,β-unsaturated/α-hetero) is 1. The molecule has 0 aromatic rings. The van der Waals surface area contributed by atoms with Crippen molar-refractivity contribution in [2.75, 3.05) is 0 Å². The molecule has 0 aliphatic rings. The minimum absolute atomic E-state index is 0.0485. The Morgan fingerprint density at radius 1 is 1.13 bits per heavy atom. The van der Waals surface area contributed by atoms with Crippen LogP contribution in [0.3, 0.4) is 0 Å². The van der Waals surface area contributed by atoms with Gasteiger partial charge in [0.2, 0.25) is 0 Å². The maximum Gasteiger partial charge on any atom is 0.149 e. The predicted molar refractivity (Wildman–Crippen MR) is 66.0 cm³/mol. The maximum absolute atomic E-state index is 11.7. The summed E-state index contributed by atoms with van der Waals surface area (Å²) < 4.78 is 0. The van der Waals surface area contributed by atoms with E-state index in [4.69, 9.17) is 0 Å². The zero-order chi connectivity index (χ0) is 12.0. The number of rotatable bonds is 7. The summed E-state index contributed by atoms with van der Waals surface area (Å²) in [5, 5.41) is 3.37. The van der Waals surface area contributed by atoms with Crippen LogP contribution in [-0.2, 0) is 4.79 Å². The van der Waals surface area contributed by atoms with E-state index in [9.17, 15) is 4.79 Å². The van der Waals surface area contributed by atoms with Gasteiger partial charge in [-0.1, -0.05) is 41.5 Å². The van der Waals surface area contributed by atoms with Gasteiger partial charge in [-0.25, -0.2) is 0 Å². The van der Waals surface area contributed by atoms with Crippen molar-refractivity contribution in [3.05, 3.63) is 0 Å². The highest BCUT2D eigenvalue weighted by Crippen LogP contribution is 2.17. The first-order valence-electron chi connectivity index (χ1n) is 6.17. The fourth-order valence-electron chi connectivity index (χ4n) is 1.59. The van der Waals surface area contributed by atoms with Crippen LogP contribution in [0.15, 0.2) is 0 Å². The van der Waals surface area contributed by atoms with Gasteiger partial charge in [0, 0.05) is 12.5 Å². The van der Waals surface area contributed by atoms with E-state index >= 15 is 0 Å². The van der Waals surface area contributed by atoms with E-state index in [0.29, 0.717) is 30.1 Å². The number of hydrogen-bond donors (Lipinski definition) is 1. The van der Waals surface area contributed by atoms with Crippen LogP contribution in [0, 0.1) is 11.8 Å². The van der Waals surface area contributed by atoms with Crippen LogP contribution in [0.4, 0.5) is 0 Å². The average molecular weight is 213 g/mol. The Morgan fingerprint density at radius 2 is 1.67 bits per heavy atom. The summed E-state index contributed by atoms with van der Waals surface area (Å²) in [6.07, 6.45) is 1.59. The van der Waals surface area contributed by atoms with Crippen LogP contribution in [0.5, 0.6) is 0 Å². The third kappa shape index (κ3) is 5.93. The molecule has 0 saturated heterocycles. The Bertz CT molecular complexity index is 187. The lowest BCUT2D eigenvalue weighted by Crippen LogP contribution is -2.42. The van der Waals surface area contributed by atoms with Crippen LogP contribution in [0.25, 0.3) is 0 Å². The topological polar surface area (TPSA) is 29.1 Å². The van der Waals surface area contributed by atoms with E-state index < -0.39 is 0 Å². The predicted octanol–water partition coefficient (Wildman–Crippen LogP) is 3.01. The van der Waals surface area contributed by atoms with Gasteiger partial charge in [-0.3, -0.25) is 4.79 Å². The molecule has 0 aromatic heterocycles. The molecule has 0 fully saturated rings. The minimum atomic E-state index is 0.0485. The molecule has 0 saturated carbocycles. The second-order valence-electron chi connectivity index (χ2n) is 5.15. The Hall–Kier alpha value is -0.370. The smallest absolute Gasteiger partial charge is 0.149 e. The van der Waals surface area contributed by atoms with Gasteiger partial charge in [-0.15, -0.1) is 0 Å². The van der Waals surface area contributed by atoms with Crippen LogP contribution in [0.2, 0.25) is 0 Å². The van der Waals surface area contributed by atoms with Gasteiger partial charge in [-0.05, 0) is 18.3 Å². The Morgan fingerprint density at radius 3 is 2.00 bits per heavy atom. The molecule has 0 rings (SSSR count). The van der Waals surface area contributed by atoms with E-state index in [-0.39, 0.29) is 6.04 Å². The van der Waals surface area contributed by atoms with Gasteiger partial charge in [0.05, 0.1) is 6.04 Å². The number of ketones is 1. The first kappa shape index (κ1) is 14.6. The largest absolute Gasteiger partial charge is 0.305 e. The minimum Gasteiger partial charge on any atom is -0.305 e. The molecule has 2 unspecified atom stereocenters. The molecule has 90 valence electrons. The third-order valence-corrected chi connectivity index (χ3v) is 3.02. The lowest BCUT2D eigenvalue weighted by Gasteiger charge is -2.24. The van der Waals surface area contributed by atoms with E-state index in [1.807, 2.05) is 6.92 Å². The van der Waals surface area contributed by atoms with E-state index in [1.165, 1.54) is 0 Å². The fraction of sp³-hybridized carbons (Fsp3) is 0.923. The Labute approximate surface area is 94.8 Å². The number of hydrogen-bond acceptors (Lipinski definition) is 2. The molecule has 0 aliphatic carbocycles. The number of carbonyl (C=O) groups excluding carboxylic acids is 1. The first-order chi connectivity index (χ1) is 6.88. The Kier molecular flexibility index (Phi) is 6.82.